The van der Waals surface area contributed by atoms with Gasteiger partial charge in [0.1, 0.15) is 0 Å². The molecule has 0 aliphatic rings. The predicted octanol–water partition coefficient (Wildman–Crippen LogP) is 1.76. The van der Waals surface area contributed by atoms with E-state index in [-0.39, 0.29) is 11.4 Å². The van der Waals surface area contributed by atoms with Crippen LogP contribution in [0.15, 0.2) is 41.6 Å². The van der Waals surface area contributed by atoms with Crippen molar-refractivity contribution in [2.75, 3.05) is 5.73 Å². The molecular formula is C14H17N3O2S. The molecular weight excluding hydrogens is 274 g/mol. The number of benzene rings is 1. The summed E-state index contributed by atoms with van der Waals surface area (Å²) in [6.45, 7) is 3.86. The molecule has 0 atom stereocenters. The van der Waals surface area contributed by atoms with Crippen LogP contribution in [0.3, 0.4) is 0 Å². The minimum atomic E-state index is -3.58. The van der Waals surface area contributed by atoms with Gasteiger partial charge in [0.15, 0.2) is 0 Å². The Morgan fingerprint density at radius 1 is 1.20 bits per heavy atom. The van der Waals surface area contributed by atoms with Gasteiger partial charge in [0.25, 0.3) is 0 Å². The number of aromatic nitrogens is 1. The average Bonchev–Trinajstić information content (AvgIpc) is 2.40. The van der Waals surface area contributed by atoms with Crippen molar-refractivity contribution in [2.24, 2.45) is 0 Å². The molecule has 0 saturated heterocycles. The lowest BCUT2D eigenvalue weighted by Crippen LogP contribution is -2.24. The number of hydrogen-bond donors (Lipinski definition) is 2. The Morgan fingerprint density at radius 2 is 1.95 bits per heavy atom. The Kier molecular flexibility index (Phi) is 4.06. The molecule has 1 aromatic heterocycles. The Balaban J connectivity index is 2.24. The fourth-order valence-corrected chi connectivity index (χ4v) is 3.14. The molecule has 3 N–H and O–H groups in total. The molecule has 1 heterocycles. The molecule has 0 spiro atoms. The van der Waals surface area contributed by atoms with E-state index in [9.17, 15) is 8.42 Å². The van der Waals surface area contributed by atoms with E-state index < -0.39 is 10.0 Å². The largest absolute Gasteiger partial charge is 0.399 e. The van der Waals surface area contributed by atoms with Crippen molar-refractivity contribution in [3.63, 3.8) is 0 Å². The molecule has 0 fully saturated rings. The number of sulfonamides is 1. The molecule has 0 unspecified atom stereocenters. The second-order valence-corrected chi connectivity index (χ2v) is 6.39. The standard InChI is InChI=1S/C14H17N3O2S/c1-10-3-4-13(15)7-14(10)20(18,19)17-9-12-5-6-16-8-11(12)2/h3-8,17H,9,15H2,1-2H3. The summed E-state index contributed by atoms with van der Waals surface area (Å²) in [4.78, 5) is 4.19. The summed E-state index contributed by atoms with van der Waals surface area (Å²) in [5.74, 6) is 0. The van der Waals surface area contributed by atoms with E-state index in [1.807, 2.05) is 6.92 Å². The molecule has 106 valence electrons. The fourth-order valence-electron chi connectivity index (χ4n) is 1.86. The van der Waals surface area contributed by atoms with Gasteiger partial charge in [-0.3, -0.25) is 4.98 Å². The van der Waals surface area contributed by atoms with Crippen molar-refractivity contribution < 1.29 is 8.42 Å². The van der Waals surface area contributed by atoms with Gasteiger partial charge < -0.3 is 5.73 Å². The van der Waals surface area contributed by atoms with Crippen LogP contribution in [0.2, 0.25) is 0 Å². The van der Waals surface area contributed by atoms with Gasteiger partial charge in [0, 0.05) is 24.6 Å². The van der Waals surface area contributed by atoms with Crippen molar-refractivity contribution in [1.29, 1.82) is 0 Å². The first-order valence-electron chi connectivity index (χ1n) is 6.15. The molecule has 2 rings (SSSR count). The number of aryl methyl sites for hydroxylation is 2. The van der Waals surface area contributed by atoms with Gasteiger partial charge in [-0.25, -0.2) is 13.1 Å². The first kappa shape index (κ1) is 14.5. The maximum atomic E-state index is 12.3. The average molecular weight is 291 g/mol. The second-order valence-electron chi connectivity index (χ2n) is 4.65. The number of rotatable bonds is 4. The highest BCUT2D eigenvalue weighted by atomic mass is 32.2. The van der Waals surface area contributed by atoms with E-state index >= 15 is 0 Å². The first-order chi connectivity index (χ1) is 9.40. The third-order valence-corrected chi connectivity index (χ3v) is 4.63. The van der Waals surface area contributed by atoms with Crippen LogP contribution in [-0.4, -0.2) is 13.4 Å². The van der Waals surface area contributed by atoms with E-state index in [4.69, 9.17) is 5.73 Å². The fraction of sp³-hybridized carbons (Fsp3) is 0.214. The summed E-state index contributed by atoms with van der Waals surface area (Å²) in [6.07, 6.45) is 3.35. The van der Waals surface area contributed by atoms with Crippen LogP contribution in [0.1, 0.15) is 16.7 Å². The number of nitrogens with two attached hydrogens (primary N) is 1. The highest BCUT2D eigenvalue weighted by Gasteiger charge is 2.17. The van der Waals surface area contributed by atoms with E-state index in [0.29, 0.717) is 11.3 Å². The molecule has 6 heteroatoms. The summed E-state index contributed by atoms with van der Waals surface area (Å²) in [5, 5.41) is 0. The minimum absolute atomic E-state index is 0.212. The molecule has 1 aromatic carbocycles. The highest BCUT2D eigenvalue weighted by Crippen LogP contribution is 2.18. The van der Waals surface area contributed by atoms with Gasteiger partial charge in [-0.2, -0.15) is 0 Å². The topological polar surface area (TPSA) is 85.1 Å². The number of nitrogens with one attached hydrogen (secondary N) is 1. The maximum absolute atomic E-state index is 12.3. The Labute approximate surface area is 118 Å². The summed E-state index contributed by atoms with van der Waals surface area (Å²) in [5.41, 5.74) is 8.58. The van der Waals surface area contributed by atoms with E-state index in [0.717, 1.165) is 11.1 Å². The number of pyridine rings is 1. The number of anilines is 1. The van der Waals surface area contributed by atoms with E-state index in [1.165, 1.54) is 6.07 Å². The van der Waals surface area contributed by atoms with Crippen molar-refractivity contribution >= 4 is 15.7 Å². The van der Waals surface area contributed by atoms with Crippen LogP contribution in [-0.2, 0) is 16.6 Å². The van der Waals surface area contributed by atoms with Gasteiger partial charge in [0.2, 0.25) is 10.0 Å². The molecule has 0 aliphatic heterocycles. The molecule has 0 saturated carbocycles. The molecule has 0 amide bonds. The third kappa shape index (κ3) is 3.15. The van der Waals surface area contributed by atoms with Crippen molar-refractivity contribution in [2.45, 2.75) is 25.3 Å². The minimum Gasteiger partial charge on any atom is -0.399 e. The molecule has 20 heavy (non-hydrogen) atoms. The Hall–Kier alpha value is -1.92. The quantitative estimate of drug-likeness (QED) is 0.841. The van der Waals surface area contributed by atoms with Crippen LogP contribution in [0.5, 0.6) is 0 Å². The van der Waals surface area contributed by atoms with E-state index in [1.54, 1.807) is 37.5 Å². The third-order valence-electron chi connectivity index (χ3n) is 3.09. The molecule has 2 aromatic rings. The van der Waals surface area contributed by atoms with Gasteiger partial charge in [-0.1, -0.05) is 6.07 Å². The summed E-state index contributed by atoms with van der Waals surface area (Å²) >= 11 is 0. The second kappa shape index (κ2) is 5.60. The monoisotopic (exact) mass is 291 g/mol. The lowest BCUT2D eigenvalue weighted by Gasteiger charge is -2.11. The molecule has 0 bridgehead atoms. The van der Waals surface area contributed by atoms with Crippen LogP contribution in [0.25, 0.3) is 0 Å². The zero-order valence-corrected chi connectivity index (χ0v) is 12.2. The van der Waals surface area contributed by atoms with Crippen LogP contribution in [0.4, 0.5) is 5.69 Å². The van der Waals surface area contributed by atoms with Gasteiger partial charge in [-0.05, 0) is 48.7 Å². The first-order valence-corrected chi connectivity index (χ1v) is 7.64. The van der Waals surface area contributed by atoms with Crippen molar-refractivity contribution in [1.82, 2.24) is 9.71 Å². The Morgan fingerprint density at radius 3 is 2.65 bits per heavy atom. The summed E-state index contributed by atoms with van der Waals surface area (Å²) in [6, 6.07) is 6.64. The lowest BCUT2D eigenvalue weighted by molar-refractivity contribution is 0.580. The van der Waals surface area contributed by atoms with Crippen LogP contribution < -0.4 is 10.5 Å². The van der Waals surface area contributed by atoms with Gasteiger partial charge >= 0.3 is 0 Å². The number of nitrogen functional groups attached to an aromatic ring is 1. The number of nitrogens with zero attached hydrogens (tertiary/aromatic N) is 1. The van der Waals surface area contributed by atoms with Gasteiger partial charge in [0.05, 0.1) is 4.90 Å². The predicted molar refractivity (Wildman–Crippen MR) is 78.6 cm³/mol. The molecule has 0 aliphatic carbocycles. The zero-order valence-electron chi connectivity index (χ0n) is 11.4. The maximum Gasteiger partial charge on any atom is 0.241 e. The number of hydrogen-bond acceptors (Lipinski definition) is 4. The summed E-state index contributed by atoms with van der Waals surface area (Å²) in [7, 11) is -3.58. The zero-order chi connectivity index (χ0) is 14.8. The lowest BCUT2D eigenvalue weighted by atomic mass is 10.2. The van der Waals surface area contributed by atoms with Crippen molar-refractivity contribution in [3.8, 4) is 0 Å². The summed E-state index contributed by atoms with van der Waals surface area (Å²) < 4.78 is 27.2. The van der Waals surface area contributed by atoms with Crippen LogP contribution >= 0.6 is 0 Å². The smallest absolute Gasteiger partial charge is 0.241 e. The normalized spacial score (nSPS) is 11.5. The molecule has 5 nitrogen and oxygen atoms in total. The van der Waals surface area contributed by atoms with Crippen LogP contribution in [0, 0.1) is 13.8 Å². The van der Waals surface area contributed by atoms with Gasteiger partial charge in [-0.15, -0.1) is 0 Å². The highest BCUT2D eigenvalue weighted by molar-refractivity contribution is 7.89. The van der Waals surface area contributed by atoms with Crippen molar-refractivity contribution in [3.05, 3.63) is 53.3 Å². The molecule has 0 radical (unpaired) electrons. The Bertz CT molecular complexity index is 727. The van der Waals surface area contributed by atoms with E-state index in [2.05, 4.69) is 9.71 Å². The SMILES string of the molecule is Cc1cnccc1CNS(=O)(=O)c1cc(N)ccc1C.